The van der Waals surface area contributed by atoms with Crippen molar-refractivity contribution in [2.45, 2.75) is 13.0 Å². The van der Waals surface area contributed by atoms with Crippen LogP contribution in [0.5, 0.6) is 0 Å². The third-order valence-electron chi connectivity index (χ3n) is 2.42. The van der Waals surface area contributed by atoms with Crippen LogP contribution >= 0.6 is 0 Å². The van der Waals surface area contributed by atoms with Gasteiger partial charge in [0.25, 0.3) is 0 Å². The average Bonchev–Trinajstić information content (AvgIpc) is 2.27. The van der Waals surface area contributed by atoms with E-state index in [-0.39, 0.29) is 6.10 Å². The molecule has 1 unspecified atom stereocenters. The average molecular weight is 217 g/mol. The van der Waals surface area contributed by atoms with Gasteiger partial charge in [-0.2, -0.15) is 0 Å². The highest BCUT2D eigenvalue weighted by Crippen LogP contribution is 2.21. The Labute approximate surface area is 94.6 Å². The minimum atomic E-state index is -0.376. The number of hydrogen-bond donors (Lipinski definition) is 1. The first-order valence-corrected chi connectivity index (χ1v) is 5.27. The quantitative estimate of drug-likeness (QED) is 0.845. The van der Waals surface area contributed by atoms with Gasteiger partial charge in [0.2, 0.25) is 0 Å². The molecule has 2 aromatic rings. The van der Waals surface area contributed by atoms with Crippen molar-refractivity contribution in [1.82, 2.24) is 9.97 Å². The molecule has 0 aliphatic carbocycles. The Morgan fingerprint density at radius 3 is 2.81 bits per heavy atom. The predicted molar refractivity (Wildman–Crippen MR) is 64.5 cm³/mol. The van der Waals surface area contributed by atoms with Crippen LogP contribution in [0.1, 0.15) is 6.92 Å². The predicted octanol–water partition coefficient (Wildman–Crippen LogP) is 1.45. The van der Waals surface area contributed by atoms with Crippen LogP contribution in [0, 0.1) is 0 Å². The van der Waals surface area contributed by atoms with E-state index in [1.807, 2.05) is 36.2 Å². The number of rotatable bonds is 3. The number of anilines is 1. The van der Waals surface area contributed by atoms with E-state index >= 15 is 0 Å². The molecule has 0 spiro atoms. The Balaban J connectivity index is 2.44. The Bertz CT molecular complexity index is 479. The Kier molecular flexibility index (Phi) is 3.01. The van der Waals surface area contributed by atoms with E-state index in [4.69, 9.17) is 0 Å². The summed E-state index contributed by atoms with van der Waals surface area (Å²) in [5.41, 5.74) is 0.921. The van der Waals surface area contributed by atoms with Crippen LogP contribution in [-0.2, 0) is 0 Å². The molecule has 0 radical (unpaired) electrons. The van der Waals surface area contributed by atoms with Crippen LogP contribution in [0.15, 0.2) is 30.6 Å². The van der Waals surface area contributed by atoms with E-state index in [0.717, 1.165) is 16.7 Å². The SMILES string of the molecule is CC(O)CN(C)c1ncnc2ccccc12. The van der Waals surface area contributed by atoms with Gasteiger partial charge in [-0.25, -0.2) is 9.97 Å². The second-order valence-corrected chi connectivity index (χ2v) is 3.94. The second kappa shape index (κ2) is 4.45. The molecule has 84 valence electrons. The molecule has 1 aromatic heterocycles. The van der Waals surface area contributed by atoms with Gasteiger partial charge in [0.15, 0.2) is 0 Å². The van der Waals surface area contributed by atoms with E-state index in [1.54, 1.807) is 13.3 Å². The number of para-hydroxylation sites is 1. The molecule has 2 rings (SSSR count). The van der Waals surface area contributed by atoms with Crippen molar-refractivity contribution < 1.29 is 5.11 Å². The molecule has 0 saturated heterocycles. The molecule has 1 N–H and O–H groups in total. The van der Waals surface area contributed by atoms with E-state index in [1.165, 1.54) is 0 Å². The van der Waals surface area contributed by atoms with Gasteiger partial charge in [-0.05, 0) is 19.1 Å². The Hall–Kier alpha value is -1.68. The molecule has 1 aromatic carbocycles. The monoisotopic (exact) mass is 217 g/mol. The molecule has 1 heterocycles. The van der Waals surface area contributed by atoms with Gasteiger partial charge in [-0.15, -0.1) is 0 Å². The number of hydrogen-bond acceptors (Lipinski definition) is 4. The molecule has 1 atom stereocenters. The lowest BCUT2D eigenvalue weighted by atomic mass is 10.2. The minimum absolute atomic E-state index is 0.376. The summed E-state index contributed by atoms with van der Waals surface area (Å²) >= 11 is 0. The van der Waals surface area contributed by atoms with Gasteiger partial charge < -0.3 is 10.0 Å². The summed E-state index contributed by atoms with van der Waals surface area (Å²) in [4.78, 5) is 10.4. The first-order chi connectivity index (χ1) is 7.68. The topological polar surface area (TPSA) is 49.2 Å². The fourth-order valence-electron chi connectivity index (χ4n) is 1.78. The van der Waals surface area contributed by atoms with Crippen LogP contribution in [0.25, 0.3) is 10.9 Å². The van der Waals surface area contributed by atoms with E-state index in [0.29, 0.717) is 6.54 Å². The van der Waals surface area contributed by atoms with Crippen LogP contribution in [-0.4, -0.2) is 34.8 Å². The molecular weight excluding hydrogens is 202 g/mol. The van der Waals surface area contributed by atoms with Crippen molar-refractivity contribution in [3.63, 3.8) is 0 Å². The standard InChI is InChI=1S/C12H15N3O/c1-9(16)7-15(2)12-10-5-3-4-6-11(10)13-8-14-12/h3-6,8-9,16H,7H2,1-2H3. The van der Waals surface area contributed by atoms with Gasteiger partial charge in [-0.1, -0.05) is 12.1 Å². The van der Waals surface area contributed by atoms with Crippen molar-refractivity contribution in [2.75, 3.05) is 18.5 Å². The smallest absolute Gasteiger partial charge is 0.139 e. The fourth-order valence-corrected chi connectivity index (χ4v) is 1.78. The summed E-state index contributed by atoms with van der Waals surface area (Å²) in [5.74, 6) is 0.853. The van der Waals surface area contributed by atoms with Crippen molar-refractivity contribution in [2.24, 2.45) is 0 Å². The first kappa shape index (κ1) is 10.8. The molecule has 0 amide bonds. The number of likely N-dealkylation sites (N-methyl/N-ethyl adjacent to an activating group) is 1. The van der Waals surface area contributed by atoms with Gasteiger partial charge in [0, 0.05) is 19.0 Å². The first-order valence-electron chi connectivity index (χ1n) is 5.27. The zero-order valence-corrected chi connectivity index (χ0v) is 9.46. The number of nitrogens with zero attached hydrogens (tertiary/aromatic N) is 3. The number of benzene rings is 1. The number of aliphatic hydroxyl groups is 1. The molecule has 0 aliphatic rings. The van der Waals surface area contributed by atoms with Crippen molar-refractivity contribution >= 4 is 16.7 Å². The Morgan fingerprint density at radius 2 is 2.06 bits per heavy atom. The van der Waals surface area contributed by atoms with E-state index in [2.05, 4.69) is 9.97 Å². The highest BCUT2D eigenvalue weighted by atomic mass is 16.3. The van der Waals surface area contributed by atoms with Crippen LogP contribution < -0.4 is 4.90 Å². The second-order valence-electron chi connectivity index (χ2n) is 3.94. The van der Waals surface area contributed by atoms with Gasteiger partial charge in [0.1, 0.15) is 12.1 Å². The lowest BCUT2D eigenvalue weighted by Gasteiger charge is -2.20. The number of fused-ring (bicyclic) bond motifs is 1. The van der Waals surface area contributed by atoms with Crippen molar-refractivity contribution in [3.8, 4) is 0 Å². The third kappa shape index (κ3) is 2.12. The summed E-state index contributed by atoms with van der Waals surface area (Å²) in [6, 6.07) is 7.86. The third-order valence-corrected chi connectivity index (χ3v) is 2.42. The summed E-state index contributed by atoms with van der Waals surface area (Å²) < 4.78 is 0. The Morgan fingerprint density at radius 1 is 1.31 bits per heavy atom. The number of aromatic nitrogens is 2. The van der Waals surface area contributed by atoms with Gasteiger partial charge in [-0.3, -0.25) is 0 Å². The zero-order chi connectivity index (χ0) is 11.5. The highest BCUT2D eigenvalue weighted by molar-refractivity contribution is 5.89. The van der Waals surface area contributed by atoms with Gasteiger partial charge in [0.05, 0.1) is 11.6 Å². The molecule has 16 heavy (non-hydrogen) atoms. The number of aliphatic hydroxyl groups excluding tert-OH is 1. The van der Waals surface area contributed by atoms with Crippen LogP contribution in [0.3, 0.4) is 0 Å². The summed E-state index contributed by atoms with van der Waals surface area (Å²) in [5, 5.41) is 10.4. The fraction of sp³-hybridized carbons (Fsp3) is 0.333. The summed E-state index contributed by atoms with van der Waals surface area (Å²) in [6.07, 6.45) is 1.18. The largest absolute Gasteiger partial charge is 0.392 e. The maximum Gasteiger partial charge on any atom is 0.139 e. The van der Waals surface area contributed by atoms with E-state index < -0.39 is 0 Å². The normalized spacial score (nSPS) is 12.7. The maximum atomic E-state index is 9.37. The lowest BCUT2D eigenvalue weighted by Crippen LogP contribution is -2.27. The van der Waals surface area contributed by atoms with Crippen LogP contribution in [0.2, 0.25) is 0 Å². The van der Waals surface area contributed by atoms with Gasteiger partial charge >= 0.3 is 0 Å². The molecule has 4 heteroatoms. The van der Waals surface area contributed by atoms with Crippen molar-refractivity contribution in [3.05, 3.63) is 30.6 Å². The lowest BCUT2D eigenvalue weighted by molar-refractivity contribution is 0.201. The van der Waals surface area contributed by atoms with Crippen molar-refractivity contribution in [1.29, 1.82) is 0 Å². The molecule has 4 nitrogen and oxygen atoms in total. The molecular formula is C12H15N3O. The summed E-state index contributed by atoms with van der Waals surface area (Å²) in [6.45, 7) is 2.32. The molecule has 0 aliphatic heterocycles. The zero-order valence-electron chi connectivity index (χ0n) is 9.46. The molecule has 0 bridgehead atoms. The summed E-state index contributed by atoms with van der Waals surface area (Å²) in [7, 11) is 1.92. The highest BCUT2D eigenvalue weighted by Gasteiger charge is 2.09. The molecule has 0 saturated carbocycles. The van der Waals surface area contributed by atoms with Crippen LogP contribution in [0.4, 0.5) is 5.82 Å². The minimum Gasteiger partial charge on any atom is -0.392 e. The molecule has 0 fully saturated rings. The van der Waals surface area contributed by atoms with E-state index in [9.17, 15) is 5.11 Å². The maximum absolute atomic E-state index is 9.37.